The fraction of sp³-hybridized carbons (Fsp3) is 0. The third kappa shape index (κ3) is 3.03. The van der Waals surface area contributed by atoms with E-state index in [1.807, 2.05) is 0 Å². The van der Waals surface area contributed by atoms with Crippen molar-refractivity contribution in [1.29, 1.82) is 5.26 Å². The predicted octanol–water partition coefficient (Wildman–Crippen LogP) is 5.04. The Morgan fingerprint density at radius 3 is 2.32 bits per heavy atom. The highest BCUT2D eigenvalue weighted by Crippen LogP contribution is 2.34. The van der Waals surface area contributed by atoms with Crippen LogP contribution in [0.1, 0.15) is 5.56 Å². The van der Waals surface area contributed by atoms with Gasteiger partial charge in [-0.05, 0) is 46.3 Å². The van der Waals surface area contributed by atoms with Gasteiger partial charge in [0, 0.05) is 5.02 Å². The fourth-order valence-corrected chi connectivity index (χ4v) is 2.15. The van der Waals surface area contributed by atoms with Crippen LogP contribution in [0.15, 0.2) is 34.8 Å². The van der Waals surface area contributed by atoms with Gasteiger partial charge in [0.25, 0.3) is 0 Å². The first-order valence-electron chi connectivity index (χ1n) is 5.03. The van der Waals surface area contributed by atoms with Gasteiger partial charge in [0.05, 0.1) is 16.1 Å². The zero-order valence-corrected chi connectivity index (χ0v) is 11.6. The second kappa shape index (κ2) is 5.55. The second-order valence-electron chi connectivity index (χ2n) is 3.56. The summed E-state index contributed by atoms with van der Waals surface area (Å²) in [5, 5.41) is 9.05. The lowest BCUT2D eigenvalue weighted by molar-refractivity contribution is 0.405. The molecule has 0 N–H and O–H groups in total. The first-order valence-corrected chi connectivity index (χ1v) is 6.20. The van der Waals surface area contributed by atoms with Crippen molar-refractivity contribution in [3.63, 3.8) is 0 Å². The number of halogens is 4. The Morgan fingerprint density at radius 2 is 1.79 bits per heavy atom. The molecule has 0 unspecified atom stereocenters. The molecule has 2 rings (SSSR count). The van der Waals surface area contributed by atoms with Crippen molar-refractivity contribution in [3.05, 3.63) is 57.0 Å². The van der Waals surface area contributed by atoms with Gasteiger partial charge in [0.15, 0.2) is 17.4 Å². The summed E-state index contributed by atoms with van der Waals surface area (Å²) in [6, 6.07) is 8.01. The summed E-state index contributed by atoms with van der Waals surface area (Å²) in [6.07, 6.45) is 0. The summed E-state index contributed by atoms with van der Waals surface area (Å²) in [4.78, 5) is 0. The number of hydrogen-bond acceptors (Lipinski definition) is 2. The molecule has 0 saturated heterocycles. The Labute approximate surface area is 121 Å². The number of hydrogen-bond donors (Lipinski definition) is 0. The van der Waals surface area contributed by atoms with E-state index in [1.165, 1.54) is 18.2 Å². The van der Waals surface area contributed by atoms with Gasteiger partial charge >= 0.3 is 0 Å². The van der Waals surface area contributed by atoms with Crippen LogP contribution in [0.25, 0.3) is 0 Å². The van der Waals surface area contributed by atoms with Gasteiger partial charge in [0.1, 0.15) is 5.75 Å². The van der Waals surface area contributed by atoms with Crippen LogP contribution < -0.4 is 4.74 Å². The van der Waals surface area contributed by atoms with Crippen LogP contribution >= 0.6 is 27.5 Å². The topological polar surface area (TPSA) is 33.0 Å². The molecule has 0 aromatic heterocycles. The van der Waals surface area contributed by atoms with Crippen LogP contribution in [0.5, 0.6) is 11.5 Å². The van der Waals surface area contributed by atoms with Crippen LogP contribution in [0.4, 0.5) is 8.78 Å². The lowest BCUT2D eigenvalue weighted by Gasteiger charge is -2.10. The molecule has 96 valence electrons. The van der Waals surface area contributed by atoms with Gasteiger partial charge in [-0.2, -0.15) is 5.26 Å². The Bertz CT molecular complexity index is 662. The fourth-order valence-electron chi connectivity index (χ4n) is 1.39. The number of nitriles is 1. The molecule has 0 saturated carbocycles. The van der Waals surface area contributed by atoms with Gasteiger partial charge < -0.3 is 4.74 Å². The smallest absolute Gasteiger partial charge is 0.198 e. The summed E-state index contributed by atoms with van der Waals surface area (Å²) >= 11 is 8.93. The highest BCUT2D eigenvalue weighted by Gasteiger charge is 2.15. The van der Waals surface area contributed by atoms with E-state index in [-0.39, 0.29) is 11.3 Å². The van der Waals surface area contributed by atoms with Crippen LogP contribution in [-0.2, 0) is 0 Å². The Balaban J connectivity index is 2.41. The molecule has 0 fully saturated rings. The Morgan fingerprint density at radius 1 is 1.16 bits per heavy atom. The van der Waals surface area contributed by atoms with Crippen LogP contribution in [0, 0.1) is 23.0 Å². The summed E-state index contributed by atoms with van der Waals surface area (Å²) < 4.78 is 32.9. The lowest BCUT2D eigenvalue weighted by Crippen LogP contribution is -1.94. The molecule has 0 aliphatic carbocycles. The van der Waals surface area contributed by atoms with Crippen molar-refractivity contribution >= 4 is 27.5 Å². The molecule has 0 spiro atoms. The lowest BCUT2D eigenvalue weighted by atomic mass is 10.2. The normalized spacial score (nSPS) is 10.1. The second-order valence-corrected chi connectivity index (χ2v) is 4.85. The number of rotatable bonds is 2. The number of ether oxygens (including phenoxy) is 1. The molecule has 0 radical (unpaired) electrons. The molecule has 0 aliphatic heterocycles. The van der Waals surface area contributed by atoms with E-state index in [9.17, 15) is 8.78 Å². The van der Waals surface area contributed by atoms with Crippen LogP contribution in [0.3, 0.4) is 0 Å². The maximum atomic E-state index is 13.6. The zero-order chi connectivity index (χ0) is 14.0. The summed E-state index contributed by atoms with van der Waals surface area (Å²) in [5.74, 6) is -2.24. The standard InChI is InChI=1S/C13H5BrClF2NO/c14-9-5-8(15)1-2-12(9)19-13-10(16)3-7(6-18)4-11(13)17/h1-5H. The van der Waals surface area contributed by atoms with Crippen molar-refractivity contribution in [3.8, 4) is 17.6 Å². The van der Waals surface area contributed by atoms with Gasteiger partial charge in [0.2, 0.25) is 0 Å². The summed E-state index contributed by atoms with van der Waals surface area (Å²) in [6.45, 7) is 0. The molecule has 0 heterocycles. The number of benzene rings is 2. The molecule has 2 aromatic rings. The first-order chi connectivity index (χ1) is 9.01. The Kier molecular flexibility index (Phi) is 4.03. The van der Waals surface area contributed by atoms with Gasteiger partial charge in [-0.3, -0.25) is 0 Å². The van der Waals surface area contributed by atoms with E-state index in [2.05, 4.69) is 15.9 Å². The van der Waals surface area contributed by atoms with E-state index >= 15 is 0 Å². The molecule has 0 aliphatic rings. The summed E-state index contributed by atoms with van der Waals surface area (Å²) in [5.41, 5.74) is -0.113. The average molecular weight is 345 g/mol. The van der Waals surface area contributed by atoms with Gasteiger partial charge in [-0.15, -0.1) is 0 Å². The van der Waals surface area contributed by atoms with E-state index < -0.39 is 17.4 Å². The molecule has 0 atom stereocenters. The third-order valence-corrected chi connectivity index (χ3v) is 3.09. The molecule has 19 heavy (non-hydrogen) atoms. The molecular formula is C13H5BrClF2NO. The quantitative estimate of drug-likeness (QED) is 0.764. The molecule has 0 amide bonds. The van der Waals surface area contributed by atoms with E-state index in [0.29, 0.717) is 9.50 Å². The van der Waals surface area contributed by atoms with Crippen LogP contribution in [0.2, 0.25) is 5.02 Å². The number of nitrogens with zero attached hydrogens (tertiary/aromatic N) is 1. The Hall–Kier alpha value is -1.64. The minimum absolute atomic E-state index is 0.113. The van der Waals surface area contributed by atoms with E-state index in [1.54, 1.807) is 6.07 Å². The van der Waals surface area contributed by atoms with Gasteiger partial charge in [-0.1, -0.05) is 11.6 Å². The molecule has 2 aromatic carbocycles. The van der Waals surface area contributed by atoms with Crippen molar-refractivity contribution in [2.45, 2.75) is 0 Å². The predicted molar refractivity (Wildman–Crippen MR) is 70.3 cm³/mol. The van der Waals surface area contributed by atoms with Crippen molar-refractivity contribution < 1.29 is 13.5 Å². The van der Waals surface area contributed by atoms with E-state index in [4.69, 9.17) is 21.6 Å². The molecule has 6 heteroatoms. The van der Waals surface area contributed by atoms with Gasteiger partial charge in [-0.25, -0.2) is 8.78 Å². The minimum Gasteiger partial charge on any atom is -0.450 e. The minimum atomic E-state index is -0.946. The first kappa shape index (κ1) is 13.8. The van der Waals surface area contributed by atoms with Crippen molar-refractivity contribution in [1.82, 2.24) is 0 Å². The maximum absolute atomic E-state index is 13.6. The molecular weight excluding hydrogens is 340 g/mol. The van der Waals surface area contributed by atoms with Crippen molar-refractivity contribution in [2.75, 3.05) is 0 Å². The highest BCUT2D eigenvalue weighted by molar-refractivity contribution is 9.10. The highest BCUT2D eigenvalue weighted by atomic mass is 79.9. The largest absolute Gasteiger partial charge is 0.450 e. The third-order valence-electron chi connectivity index (χ3n) is 2.23. The SMILES string of the molecule is N#Cc1cc(F)c(Oc2ccc(Cl)cc2Br)c(F)c1. The molecule has 2 nitrogen and oxygen atoms in total. The molecule has 0 bridgehead atoms. The van der Waals surface area contributed by atoms with E-state index in [0.717, 1.165) is 12.1 Å². The maximum Gasteiger partial charge on any atom is 0.198 e. The monoisotopic (exact) mass is 343 g/mol. The average Bonchev–Trinajstić information content (AvgIpc) is 2.35. The zero-order valence-electron chi connectivity index (χ0n) is 9.25. The summed E-state index contributed by atoms with van der Waals surface area (Å²) in [7, 11) is 0. The van der Waals surface area contributed by atoms with Crippen LogP contribution in [-0.4, -0.2) is 0 Å². The van der Waals surface area contributed by atoms with Crippen molar-refractivity contribution in [2.24, 2.45) is 0 Å².